The first-order chi connectivity index (χ1) is 14.5. The first kappa shape index (κ1) is 19.6. The predicted octanol–water partition coefficient (Wildman–Crippen LogP) is 3.37. The molecule has 7 nitrogen and oxygen atoms in total. The van der Waals surface area contributed by atoms with E-state index in [0.717, 1.165) is 22.3 Å². The van der Waals surface area contributed by atoms with Crippen LogP contribution >= 0.6 is 0 Å². The highest BCUT2D eigenvalue weighted by Gasteiger charge is 2.17. The lowest BCUT2D eigenvalue weighted by Crippen LogP contribution is -2.27. The van der Waals surface area contributed by atoms with Crippen LogP contribution in [0.1, 0.15) is 23.1 Å². The highest BCUT2D eigenvalue weighted by atomic mass is 16.5. The van der Waals surface area contributed by atoms with Crippen molar-refractivity contribution in [1.29, 1.82) is 0 Å². The van der Waals surface area contributed by atoms with Gasteiger partial charge in [-0.15, -0.1) is 0 Å². The molecule has 2 aromatic heterocycles. The molecule has 1 N–H and O–H groups in total. The molecule has 0 radical (unpaired) electrons. The van der Waals surface area contributed by atoms with E-state index in [-0.39, 0.29) is 30.1 Å². The molecule has 2 aromatic carbocycles. The number of nitrogens with one attached hydrogen (secondary N) is 1. The number of hydrogen-bond donors (Lipinski definition) is 1. The van der Waals surface area contributed by atoms with E-state index in [1.807, 2.05) is 62.4 Å². The van der Waals surface area contributed by atoms with Gasteiger partial charge >= 0.3 is 0 Å². The summed E-state index contributed by atoms with van der Waals surface area (Å²) in [5.41, 5.74) is 4.45. The number of carbonyl (C=O) groups is 1. The Labute approximate surface area is 173 Å². The lowest BCUT2D eigenvalue weighted by molar-refractivity contribution is -0.121. The van der Waals surface area contributed by atoms with Gasteiger partial charge < -0.3 is 9.84 Å². The van der Waals surface area contributed by atoms with Gasteiger partial charge in [0.1, 0.15) is 17.4 Å². The summed E-state index contributed by atoms with van der Waals surface area (Å²) in [7, 11) is 0. The van der Waals surface area contributed by atoms with Gasteiger partial charge in [-0.25, -0.2) is 4.98 Å². The third kappa shape index (κ3) is 4.15. The Kier molecular flexibility index (Phi) is 5.43. The maximum absolute atomic E-state index is 13.0. The van der Waals surface area contributed by atoms with E-state index in [1.165, 1.54) is 10.9 Å². The molecular formula is C23H22N4O3. The van der Waals surface area contributed by atoms with Crippen molar-refractivity contribution in [3.63, 3.8) is 0 Å². The van der Waals surface area contributed by atoms with Gasteiger partial charge in [0.15, 0.2) is 0 Å². The van der Waals surface area contributed by atoms with Gasteiger partial charge in [-0.05, 0) is 19.4 Å². The SMILES string of the molecule is Cc1ccc(-c2noc3ncn(CCC(=O)NCc4cccc(C)c4)c(=O)c23)cc1. The molecule has 152 valence electrons. The Hall–Kier alpha value is -3.74. The highest BCUT2D eigenvalue weighted by Crippen LogP contribution is 2.24. The van der Waals surface area contributed by atoms with Gasteiger partial charge in [0.05, 0.1) is 0 Å². The molecule has 0 aliphatic heterocycles. The molecule has 0 aliphatic rings. The Morgan fingerprint density at radius 2 is 1.90 bits per heavy atom. The molecular weight excluding hydrogens is 380 g/mol. The number of carbonyl (C=O) groups excluding carboxylic acids is 1. The topological polar surface area (TPSA) is 90.0 Å². The summed E-state index contributed by atoms with van der Waals surface area (Å²) in [4.78, 5) is 29.4. The Bertz CT molecular complexity index is 1260. The van der Waals surface area contributed by atoms with Crippen molar-refractivity contribution in [2.45, 2.75) is 33.4 Å². The minimum Gasteiger partial charge on any atom is -0.352 e. The molecule has 4 aromatic rings. The van der Waals surface area contributed by atoms with Crippen molar-refractivity contribution in [2.24, 2.45) is 0 Å². The average Bonchev–Trinajstić information content (AvgIpc) is 3.17. The number of hydrogen-bond acceptors (Lipinski definition) is 5. The fraction of sp³-hybridized carbons (Fsp3) is 0.217. The zero-order chi connectivity index (χ0) is 21.1. The van der Waals surface area contributed by atoms with E-state index in [2.05, 4.69) is 15.5 Å². The minimum atomic E-state index is -0.275. The van der Waals surface area contributed by atoms with Gasteiger partial charge in [0, 0.05) is 25.1 Å². The molecule has 0 bridgehead atoms. The van der Waals surface area contributed by atoms with Crippen molar-refractivity contribution in [3.05, 3.63) is 81.9 Å². The molecule has 0 saturated heterocycles. The standard InChI is InChI=1S/C23H22N4O3/c1-15-6-8-18(9-7-15)21-20-22(30-26-21)25-14-27(23(20)29)11-10-19(28)24-13-17-5-3-4-16(2)12-17/h3-9,12,14H,10-11,13H2,1-2H3,(H,24,28). The molecule has 30 heavy (non-hydrogen) atoms. The molecule has 0 fully saturated rings. The van der Waals surface area contributed by atoms with Gasteiger partial charge in [-0.1, -0.05) is 64.8 Å². The van der Waals surface area contributed by atoms with Crippen LogP contribution in [-0.2, 0) is 17.9 Å². The molecule has 0 saturated carbocycles. The number of aryl methyl sites for hydroxylation is 3. The van der Waals surface area contributed by atoms with E-state index in [4.69, 9.17) is 4.52 Å². The van der Waals surface area contributed by atoms with Crippen molar-refractivity contribution in [2.75, 3.05) is 0 Å². The predicted molar refractivity (Wildman–Crippen MR) is 114 cm³/mol. The summed E-state index contributed by atoms with van der Waals surface area (Å²) in [6.45, 7) is 4.68. The molecule has 1 amide bonds. The lowest BCUT2D eigenvalue weighted by atomic mass is 10.1. The van der Waals surface area contributed by atoms with Crippen molar-refractivity contribution < 1.29 is 9.32 Å². The summed E-state index contributed by atoms with van der Waals surface area (Å²) in [5, 5.41) is 7.24. The summed E-state index contributed by atoms with van der Waals surface area (Å²) >= 11 is 0. The quantitative estimate of drug-likeness (QED) is 0.534. The first-order valence-corrected chi connectivity index (χ1v) is 9.75. The number of rotatable bonds is 6. The zero-order valence-corrected chi connectivity index (χ0v) is 16.9. The number of fused-ring (bicyclic) bond motifs is 1. The maximum atomic E-state index is 13.0. The summed E-state index contributed by atoms with van der Waals surface area (Å²) < 4.78 is 6.66. The fourth-order valence-electron chi connectivity index (χ4n) is 3.28. The molecule has 4 rings (SSSR count). The number of benzene rings is 2. The number of amides is 1. The molecule has 0 aliphatic carbocycles. The monoisotopic (exact) mass is 402 g/mol. The van der Waals surface area contributed by atoms with E-state index in [9.17, 15) is 9.59 Å². The van der Waals surface area contributed by atoms with Crippen LogP contribution in [0.3, 0.4) is 0 Å². The normalized spacial score (nSPS) is 11.0. The molecule has 0 unspecified atom stereocenters. The van der Waals surface area contributed by atoms with Crippen LogP contribution in [0, 0.1) is 13.8 Å². The smallest absolute Gasteiger partial charge is 0.266 e. The minimum absolute atomic E-state index is 0.132. The van der Waals surface area contributed by atoms with Crippen molar-refractivity contribution >= 4 is 17.0 Å². The molecule has 7 heteroatoms. The summed E-state index contributed by atoms with van der Waals surface area (Å²) in [5.74, 6) is -0.132. The van der Waals surface area contributed by atoms with Crippen molar-refractivity contribution in [1.82, 2.24) is 20.0 Å². The lowest BCUT2D eigenvalue weighted by Gasteiger charge is -2.07. The summed E-state index contributed by atoms with van der Waals surface area (Å²) in [6, 6.07) is 15.6. The average molecular weight is 402 g/mol. The summed E-state index contributed by atoms with van der Waals surface area (Å²) in [6.07, 6.45) is 1.56. The second-order valence-corrected chi connectivity index (χ2v) is 7.34. The van der Waals surface area contributed by atoms with Crippen LogP contribution < -0.4 is 10.9 Å². The number of nitrogens with zero attached hydrogens (tertiary/aromatic N) is 3. The van der Waals surface area contributed by atoms with Gasteiger partial charge in [0.2, 0.25) is 5.91 Å². The van der Waals surface area contributed by atoms with Gasteiger partial charge in [-0.2, -0.15) is 0 Å². The Morgan fingerprint density at radius 3 is 2.67 bits per heavy atom. The molecule has 0 spiro atoms. The van der Waals surface area contributed by atoms with Crippen LogP contribution in [0.25, 0.3) is 22.4 Å². The van der Waals surface area contributed by atoms with Crippen LogP contribution in [-0.4, -0.2) is 20.6 Å². The Morgan fingerprint density at radius 1 is 1.10 bits per heavy atom. The molecule has 2 heterocycles. The highest BCUT2D eigenvalue weighted by molar-refractivity contribution is 5.88. The van der Waals surface area contributed by atoms with Gasteiger partial charge in [0.25, 0.3) is 11.3 Å². The second kappa shape index (κ2) is 8.32. The van der Waals surface area contributed by atoms with Crippen LogP contribution in [0.2, 0.25) is 0 Å². The van der Waals surface area contributed by atoms with E-state index < -0.39 is 0 Å². The van der Waals surface area contributed by atoms with Crippen LogP contribution in [0.15, 0.2) is 64.2 Å². The van der Waals surface area contributed by atoms with E-state index in [0.29, 0.717) is 17.6 Å². The Balaban J connectivity index is 1.48. The van der Waals surface area contributed by atoms with E-state index in [1.54, 1.807) is 0 Å². The van der Waals surface area contributed by atoms with Crippen LogP contribution in [0.5, 0.6) is 0 Å². The zero-order valence-electron chi connectivity index (χ0n) is 16.9. The molecule has 0 atom stereocenters. The largest absolute Gasteiger partial charge is 0.352 e. The third-order valence-corrected chi connectivity index (χ3v) is 4.94. The fourth-order valence-corrected chi connectivity index (χ4v) is 3.28. The second-order valence-electron chi connectivity index (χ2n) is 7.34. The number of aromatic nitrogens is 3. The van der Waals surface area contributed by atoms with Gasteiger partial charge in [-0.3, -0.25) is 14.2 Å². The van der Waals surface area contributed by atoms with Crippen molar-refractivity contribution in [3.8, 4) is 11.3 Å². The third-order valence-electron chi connectivity index (χ3n) is 4.94. The van der Waals surface area contributed by atoms with Crippen LogP contribution in [0.4, 0.5) is 0 Å². The first-order valence-electron chi connectivity index (χ1n) is 9.75. The van der Waals surface area contributed by atoms with E-state index >= 15 is 0 Å². The maximum Gasteiger partial charge on any atom is 0.266 e.